The molecule has 1 aromatic heterocycles. The molecule has 1 aromatic rings. The van der Waals surface area contributed by atoms with Crippen LogP contribution < -0.4 is 11.1 Å². The number of hydrogen-bond donors (Lipinski definition) is 2. The number of amides is 1. The van der Waals surface area contributed by atoms with Gasteiger partial charge in [-0.3, -0.25) is 4.79 Å². The highest BCUT2D eigenvalue weighted by molar-refractivity contribution is 5.80. The van der Waals surface area contributed by atoms with Crippen LogP contribution in [0.3, 0.4) is 0 Å². The van der Waals surface area contributed by atoms with Gasteiger partial charge in [0, 0.05) is 13.5 Å². The Hall–Kier alpha value is -1.59. The molecule has 0 spiro atoms. The number of nitrogens with zero attached hydrogens (tertiary/aromatic N) is 2. The summed E-state index contributed by atoms with van der Waals surface area (Å²) in [6.45, 7) is 5.54. The van der Waals surface area contributed by atoms with Crippen LogP contribution in [0, 0.1) is 12.3 Å². The first kappa shape index (κ1) is 10.5. The zero-order valence-corrected chi connectivity index (χ0v) is 8.50. The highest BCUT2D eigenvalue weighted by atomic mass is 16.4. The molecule has 0 aliphatic rings. The summed E-state index contributed by atoms with van der Waals surface area (Å²) in [7, 11) is 0. The lowest BCUT2D eigenvalue weighted by atomic mass is 9.93. The van der Waals surface area contributed by atoms with E-state index in [1.165, 1.54) is 0 Å². The molecule has 6 heteroatoms. The van der Waals surface area contributed by atoms with Crippen molar-refractivity contribution in [3.8, 4) is 0 Å². The molecule has 0 saturated carbocycles. The molecule has 1 heterocycles. The molecule has 0 aromatic carbocycles. The van der Waals surface area contributed by atoms with Gasteiger partial charge in [0.2, 0.25) is 11.8 Å². The van der Waals surface area contributed by atoms with E-state index in [1.54, 1.807) is 20.8 Å². The van der Waals surface area contributed by atoms with Crippen LogP contribution in [0.15, 0.2) is 4.42 Å². The molecule has 0 unspecified atom stereocenters. The maximum Gasteiger partial charge on any atom is 0.315 e. The van der Waals surface area contributed by atoms with Crippen LogP contribution in [0.25, 0.3) is 0 Å². The van der Waals surface area contributed by atoms with E-state index in [0.29, 0.717) is 18.5 Å². The highest BCUT2D eigenvalue weighted by Gasteiger charge is 2.25. The van der Waals surface area contributed by atoms with Gasteiger partial charge >= 0.3 is 6.01 Å². The third-order valence-corrected chi connectivity index (χ3v) is 1.87. The van der Waals surface area contributed by atoms with E-state index in [2.05, 4.69) is 15.5 Å². The minimum absolute atomic E-state index is 0.303. The van der Waals surface area contributed by atoms with E-state index >= 15 is 0 Å². The summed E-state index contributed by atoms with van der Waals surface area (Å²) < 4.78 is 5.07. The summed E-state index contributed by atoms with van der Waals surface area (Å²) in [5, 5.41) is 10.2. The standard InChI is InChI=1S/C8H14N4O2/c1-5-11-12-7(14-5)10-4-8(2,3)6(9)13/h4H2,1-3H3,(H2,9,13)(H,10,12). The summed E-state index contributed by atoms with van der Waals surface area (Å²) in [4.78, 5) is 11.0. The van der Waals surface area contributed by atoms with Gasteiger partial charge in [0.1, 0.15) is 0 Å². The van der Waals surface area contributed by atoms with E-state index in [4.69, 9.17) is 10.2 Å². The van der Waals surface area contributed by atoms with E-state index in [9.17, 15) is 4.79 Å². The summed E-state index contributed by atoms with van der Waals surface area (Å²) in [6, 6.07) is 0.303. The summed E-state index contributed by atoms with van der Waals surface area (Å²) in [5.41, 5.74) is 4.56. The Morgan fingerprint density at radius 2 is 2.21 bits per heavy atom. The number of carbonyl (C=O) groups excluding carboxylic acids is 1. The summed E-state index contributed by atoms with van der Waals surface area (Å²) in [6.07, 6.45) is 0. The van der Waals surface area contributed by atoms with Gasteiger partial charge in [0.15, 0.2) is 0 Å². The van der Waals surface area contributed by atoms with Crippen molar-refractivity contribution >= 4 is 11.9 Å². The number of nitrogens with one attached hydrogen (secondary N) is 1. The third-order valence-electron chi connectivity index (χ3n) is 1.87. The van der Waals surface area contributed by atoms with E-state index < -0.39 is 5.41 Å². The van der Waals surface area contributed by atoms with Gasteiger partial charge in [0.25, 0.3) is 0 Å². The normalized spacial score (nSPS) is 11.4. The number of anilines is 1. The molecule has 0 aliphatic carbocycles. The van der Waals surface area contributed by atoms with Gasteiger partial charge in [-0.05, 0) is 13.8 Å². The second kappa shape index (κ2) is 3.65. The molecule has 3 N–H and O–H groups in total. The topological polar surface area (TPSA) is 94.0 Å². The first-order chi connectivity index (χ1) is 6.42. The predicted molar refractivity (Wildman–Crippen MR) is 50.5 cm³/mol. The third kappa shape index (κ3) is 2.45. The van der Waals surface area contributed by atoms with Gasteiger partial charge in [-0.1, -0.05) is 5.10 Å². The quantitative estimate of drug-likeness (QED) is 0.725. The fourth-order valence-corrected chi connectivity index (χ4v) is 0.752. The van der Waals surface area contributed by atoms with E-state index in [1.807, 2.05) is 0 Å². The van der Waals surface area contributed by atoms with Crippen molar-refractivity contribution in [2.45, 2.75) is 20.8 Å². The van der Waals surface area contributed by atoms with Crippen LogP contribution in [0.2, 0.25) is 0 Å². The zero-order valence-electron chi connectivity index (χ0n) is 8.50. The Kier molecular flexibility index (Phi) is 2.73. The molecule has 0 aliphatic heterocycles. The lowest BCUT2D eigenvalue weighted by Gasteiger charge is -2.19. The van der Waals surface area contributed by atoms with Crippen LogP contribution in [0.1, 0.15) is 19.7 Å². The Morgan fingerprint density at radius 3 is 2.64 bits per heavy atom. The molecular formula is C8H14N4O2. The lowest BCUT2D eigenvalue weighted by molar-refractivity contribution is -0.125. The van der Waals surface area contributed by atoms with Crippen LogP contribution in [-0.4, -0.2) is 22.6 Å². The fourth-order valence-electron chi connectivity index (χ4n) is 0.752. The number of aryl methyl sites for hydroxylation is 1. The van der Waals surface area contributed by atoms with Crippen molar-refractivity contribution in [2.24, 2.45) is 11.1 Å². The smallest absolute Gasteiger partial charge is 0.315 e. The number of nitrogens with two attached hydrogens (primary N) is 1. The maximum absolute atomic E-state index is 11.0. The Morgan fingerprint density at radius 1 is 1.57 bits per heavy atom. The monoisotopic (exact) mass is 198 g/mol. The Labute approximate surface area is 81.9 Å². The molecule has 0 saturated heterocycles. The molecule has 0 atom stereocenters. The van der Waals surface area contributed by atoms with Crippen molar-refractivity contribution in [1.29, 1.82) is 0 Å². The SMILES string of the molecule is Cc1nnc(NCC(C)(C)C(N)=O)o1. The van der Waals surface area contributed by atoms with Gasteiger partial charge in [0.05, 0.1) is 5.41 Å². The van der Waals surface area contributed by atoms with Crippen molar-refractivity contribution in [2.75, 3.05) is 11.9 Å². The molecule has 78 valence electrons. The van der Waals surface area contributed by atoms with E-state index in [-0.39, 0.29) is 5.91 Å². The molecule has 14 heavy (non-hydrogen) atoms. The van der Waals surface area contributed by atoms with Gasteiger partial charge < -0.3 is 15.5 Å². The average Bonchev–Trinajstić information content (AvgIpc) is 2.48. The minimum atomic E-state index is -0.637. The second-order valence-corrected chi connectivity index (χ2v) is 3.73. The van der Waals surface area contributed by atoms with Crippen LogP contribution in [-0.2, 0) is 4.79 Å². The number of rotatable bonds is 4. The molecular weight excluding hydrogens is 184 g/mol. The molecule has 0 fully saturated rings. The number of aromatic nitrogens is 2. The average molecular weight is 198 g/mol. The van der Waals surface area contributed by atoms with Crippen molar-refractivity contribution < 1.29 is 9.21 Å². The van der Waals surface area contributed by atoms with E-state index in [0.717, 1.165) is 0 Å². The minimum Gasteiger partial charge on any atom is -0.408 e. The van der Waals surface area contributed by atoms with Gasteiger partial charge in [-0.2, -0.15) is 0 Å². The van der Waals surface area contributed by atoms with Crippen molar-refractivity contribution in [3.63, 3.8) is 0 Å². The zero-order chi connectivity index (χ0) is 10.8. The molecule has 6 nitrogen and oxygen atoms in total. The summed E-state index contributed by atoms with van der Waals surface area (Å²) >= 11 is 0. The Bertz CT molecular complexity index is 332. The van der Waals surface area contributed by atoms with Crippen LogP contribution >= 0.6 is 0 Å². The van der Waals surface area contributed by atoms with Gasteiger partial charge in [-0.25, -0.2) is 0 Å². The second-order valence-electron chi connectivity index (χ2n) is 3.73. The molecule has 1 rings (SSSR count). The maximum atomic E-state index is 11.0. The van der Waals surface area contributed by atoms with Crippen molar-refractivity contribution in [3.05, 3.63) is 5.89 Å². The molecule has 0 radical (unpaired) electrons. The van der Waals surface area contributed by atoms with Crippen LogP contribution in [0.5, 0.6) is 0 Å². The lowest BCUT2D eigenvalue weighted by Crippen LogP contribution is -2.37. The Balaban J connectivity index is 2.52. The predicted octanol–water partition coefficient (Wildman–Crippen LogP) is 0.301. The van der Waals surface area contributed by atoms with Crippen molar-refractivity contribution in [1.82, 2.24) is 10.2 Å². The largest absolute Gasteiger partial charge is 0.408 e. The fraction of sp³-hybridized carbons (Fsp3) is 0.625. The first-order valence-electron chi connectivity index (χ1n) is 4.26. The highest BCUT2D eigenvalue weighted by Crippen LogP contribution is 2.15. The number of hydrogen-bond acceptors (Lipinski definition) is 5. The number of carbonyl (C=O) groups is 1. The van der Waals surface area contributed by atoms with Crippen LogP contribution in [0.4, 0.5) is 6.01 Å². The molecule has 0 bridgehead atoms. The first-order valence-corrected chi connectivity index (χ1v) is 4.26. The van der Waals surface area contributed by atoms with Gasteiger partial charge in [-0.15, -0.1) is 5.10 Å². The molecule has 1 amide bonds. The number of primary amides is 1. The summed E-state index contributed by atoms with van der Waals surface area (Å²) in [5.74, 6) is 0.102.